The fourth-order valence-electron chi connectivity index (χ4n) is 3.34. The first-order valence-electron chi connectivity index (χ1n) is 9.55. The highest BCUT2D eigenvalue weighted by Crippen LogP contribution is 2.22. The second-order valence-electron chi connectivity index (χ2n) is 6.81. The molecule has 4 aromatic rings. The lowest BCUT2D eigenvalue weighted by molar-refractivity contribution is 0.414. The van der Waals surface area contributed by atoms with E-state index in [1.807, 2.05) is 54.6 Å². The summed E-state index contributed by atoms with van der Waals surface area (Å²) in [6.07, 6.45) is 0.896. The van der Waals surface area contributed by atoms with Crippen molar-refractivity contribution in [3.8, 4) is 5.75 Å². The molecule has 0 saturated carbocycles. The average molecular weight is 382 g/mol. The molecule has 0 aliphatic rings. The van der Waals surface area contributed by atoms with E-state index < -0.39 is 0 Å². The lowest BCUT2D eigenvalue weighted by Crippen LogP contribution is -2.11. The third kappa shape index (κ3) is 4.22. The summed E-state index contributed by atoms with van der Waals surface area (Å²) in [6, 6.07) is 24.0. The number of benzene rings is 3. The third-order valence-corrected chi connectivity index (χ3v) is 4.92. The fourth-order valence-corrected chi connectivity index (χ4v) is 3.34. The number of aromatic nitrogens is 2. The zero-order chi connectivity index (χ0) is 20.1. The molecule has 0 aliphatic carbocycles. The van der Waals surface area contributed by atoms with Crippen LogP contribution in [-0.2, 0) is 13.0 Å². The Labute approximate surface area is 170 Å². The Hall–Kier alpha value is -3.78. The van der Waals surface area contributed by atoms with E-state index in [4.69, 9.17) is 16.3 Å². The van der Waals surface area contributed by atoms with Crippen molar-refractivity contribution >= 4 is 22.7 Å². The number of para-hydroxylation sites is 2. The number of hydrogen-bond acceptors (Lipinski definition) is 3. The maximum absolute atomic E-state index is 7.12. The first-order chi connectivity index (χ1) is 14.3. The Morgan fingerprint density at radius 3 is 2.41 bits per heavy atom. The summed E-state index contributed by atoms with van der Waals surface area (Å²) in [5, 5.41) is 3.49. The lowest BCUT2D eigenvalue weighted by atomic mass is 10.1. The van der Waals surface area contributed by atoms with Crippen LogP contribution >= 0.6 is 0 Å². The molecular formula is C24H22N4O. The highest BCUT2D eigenvalue weighted by Gasteiger charge is 2.10. The highest BCUT2D eigenvalue weighted by atomic mass is 16.5. The van der Waals surface area contributed by atoms with Crippen LogP contribution in [0.5, 0.6) is 5.75 Å². The molecule has 0 bridgehead atoms. The third-order valence-electron chi connectivity index (χ3n) is 4.92. The molecule has 0 fully saturated rings. The number of nitrogens with one attached hydrogen (secondary N) is 1. The van der Waals surface area contributed by atoms with Gasteiger partial charge in [-0.15, -0.1) is 0 Å². The Morgan fingerprint density at radius 2 is 1.69 bits per heavy atom. The van der Waals surface area contributed by atoms with Crippen LogP contribution < -0.4 is 10.1 Å². The molecule has 0 atom stereocenters. The Kier molecular flexibility index (Phi) is 5.44. The Balaban J connectivity index is 1.53. The predicted molar refractivity (Wildman–Crippen MR) is 117 cm³/mol. The Morgan fingerprint density at radius 1 is 0.966 bits per heavy atom. The van der Waals surface area contributed by atoms with Gasteiger partial charge in [-0.05, 0) is 41.8 Å². The number of methoxy groups -OCH3 is 1. The van der Waals surface area contributed by atoms with Gasteiger partial charge in [0, 0.05) is 6.54 Å². The smallest absolute Gasteiger partial charge is 0.204 e. The largest absolute Gasteiger partial charge is 0.497 e. The summed E-state index contributed by atoms with van der Waals surface area (Å²) >= 11 is 0. The van der Waals surface area contributed by atoms with Crippen LogP contribution in [0.1, 0.15) is 11.1 Å². The van der Waals surface area contributed by atoms with Gasteiger partial charge in [0.05, 0.1) is 31.3 Å². The minimum Gasteiger partial charge on any atom is -0.497 e. The van der Waals surface area contributed by atoms with E-state index in [1.165, 1.54) is 5.56 Å². The van der Waals surface area contributed by atoms with Crippen LogP contribution in [0.15, 0.2) is 72.8 Å². The molecule has 3 aromatic carbocycles. The molecule has 5 heteroatoms. The summed E-state index contributed by atoms with van der Waals surface area (Å²) in [5.41, 5.74) is 5.10. The number of nitrogens with zero attached hydrogens (tertiary/aromatic N) is 3. The molecule has 0 amide bonds. The van der Waals surface area contributed by atoms with Crippen molar-refractivity contribution in [2.24, 2.45) is 0 Å². The van der Waals surface area contributed by atoms with Crippen LogP contribution in [0.2, 0.25) is 0 Å². The van der Waals surface area contributed by atoms with E-state index in [0.29, 0.717) is 12.2 Å². The highest BCUT2D eigenvalue weighted by molar-refractivity contribution is 5.78. The number of hydrogen-bond donors (Lipinski definition) is 1. The van der Waals surface area contributed by atoms with Crippen LogP contribution in [0, 0.1) is 6.57 Å². The van der Waals surface area contributed by atoms with Crippen molar-refractivity contribution in [3.05, 3.63) is 95.3 Å². The van der Waals surface area contributed by atoms with Gasteiger partial charge in [0.2, 0.25) is 5.95 Å². The molecule has 0 unspecified atom stereocenters. The van der Waals surface area contributed by atoms with Crippen LogP contribution in [-0.4, -0.2) is 23.2 Å². The zero-order valence-corrected chi connectivity index (χ0v) is 16.3. The lowest BCUT2D eigenvalue weighted by Gasteiger charge is -2.11. The van der Waals surface area contributed by atoms with Crippen molar-refractivity contribution in [1.82, 2.24) is 9.55 Å². The topological polar surface area (TPSA) is 43.4 Å². The zero-order valence-electron chi connectivity index (χ0n) is 16.3. The van der Waals surface area contributed by atoms with Crippen molar-refractivity contribution in [2.75, 3.05) is 19.0 Å². The van der Waals surface area contributed by atoms with E-state index in [9.17, 15) is 0 Å². The summed E-state index contributed by atoms with van der Waals surface area (Å²) in [4.78, 5) is 8.25. The fraction of sp³-hybridized carbons (Fsp3) is 0.167. The minimum atomic E-state index is 0.655. The monoisotopic (exact) mass is 382 g/mol. The van der Waals surface area contributed by atoms with E-state index in [0.717, 1.165) is 41.3 Å². The minimum absolute atomic E-state index is 0.655. The van der Waals surface area contributed by atoms with E-state index in [-0.39, 0.29) is 0 Å². The molecule has 29 heavy (non-hydrogen) atoms. The van der Waals surface area contributed by atoms with Crippen LogP contribution in [0.4, 0.5) is 11.6 Å². The van der Waals surface area contributed by atoms with Gasteiger partial charge in [-0.2, -0.15) is 0 Å². The van der Waals surface area contributed by atoms with Crippen LogP contribution in [0.25, 0.3) is 15.9 Å². The van der Waals surface area contributed by atoms with Gasteiger partial charge < -0.3 is 14.6 Å². The molecule has 0 spiro atoms. The first-order valence-corrected chi connectivity index (χ1v) is 9.55. The first kappa shape index (κ1) is 18.6. The standard InChI is InChI=1S/C24H22N4O/c1-25-20-11-7-19(8-12-20)17-28-23-6-4-3-5-22(23)27-24(28)26-16-15-18-9-13-21(29-2)14-10-18/h3-14H,15-17H2,2H3,(H,26,27). The summed E-state index contributed by atoms with van der Waals surface area (Å²) in [6.45, 7) is 8.60. The Bertz CT molecular complexity index is 1140. The van der Waals surface area contributed by atoms with Gasteiger partial charge in [-0.25, -0.2) is 9.83 Å². The average Bonchev–Trinajstić information content (AvgIpc) is 3.12. The molecule has 144 valence electrons. The predicted octanol–water partition coefficient (Wildman–Crippen LogP) is 5.30. The van der Waals surface area contributed by atoms with Crippen molar-refractivity contribution in [2.45, 2.75) is 13.0 Å². The van der Waals surface area contributed by atoms with Gasteiger partial charge in [0.25, 0.3) is 0 Å². The number of fused-ring (bicyclic) bond motifs is 1. The maximum Gasteiger partial charge on any atom is 0.204 e. The van der Waals surface area contributed by atoms with Gasteiger partial charge in [0.1, 0.15) is 5.75 Å². The molecular weight excluding hydrogens is 360 g/mol. The van der Waals surface area contributed by atoms with Gasteiger partial charge >= 0.3 is 0 Å². The number of ether oxygens (including phenoxy) is 1. The van der Waals surface area contributed by atoms with E-state index in [1.54, 1.807) is 7.11 Å². The molecule has 0 aliphatic heterocycles. The van der Waals surface area contributed by atoms with Crippen molar-refractivity contribution in [1.29, 1.82) is 0 Å². The summed E-state index contributed by atoms with van der Waals surface area (Å²) in [7, 11) is 1.68. The molecule has 1 N–H and O–H groups in total. The number of imidazole rings is 1. The van der Waals surface area contributed by atoms with Crippen molar-refractivity contribution in [3.63, 3.8) is 0 Å². The molecule has 0 radical (unpaired) electrons. The van der Waals surface area contributed by atoms with Crippen molar-refractivity contribution < 1.29 is 4.74 Å². The normalized spacial score (nSPS) is 10.6. The van der Waals surface area contributed by atoms with Gasteiger partial charge in [-0.1, -0.05) is 48.5 Å². The number of anilines is 1. The van der Waals surface area contributed by atoms with E-state index >= 15 is 0 Å². The molecule has 1 aromatic heterocycles. The summed E-state index contributed by atoms with van der Waals surface area (Å²) in [5.74, 6) is 1.72. The molecule has 1 heterocycles. The van der Waals surface area contributed by atoms with Gasteiger partial charge in [-0.3, -0.25) is 0 Å². The SMILES string of the molecule is [C-]#[N+]c1ccc(Cn2c(NCCc3ccc(OC)cc3)nc3ccccc32)cc1. The quantitative estimate of drug-likeness (QED) is 0.441. The molecule has 4 rings (SSSR count). The van der Waals surface area contributed by atoms with E-state index in [2.05, 4.69) is 32.9 Å². The molecule has 0 saturated heterocycles. The molecule has 5 nitrogen and oxygen atoms in total. The second-order valence-corrected chi connectivity index (χ2v) is 6.81. The summed E-state index contributed by atoms with van der Waals surface area (Å²) < 4.78 is 7.41. The van der Waals surface area contributed by atoms with Gasteiger partial charge in [0.15, 0.2) is 5.69 Å². The second kappa shape index (κ2) is 8.49. The maximum atomic E-state index is 7.12. The number of rotatable bonds is 7. The van der Waals surface area contributed by atoms with Crippen LogP contribution in [0.3, 0.4) is 0 Å².